The first-order valence-corrected chi connectivity index (χ1v) is 6.74. The van der Waals surface area contributed by atoms with Crippen molar-refractivity contribution < 1.29 is 9.79 Å². The van der Waals surface area contributed by atoms with Gasteiger partial charge in [0.2, 0.25) is 0 Å². The summed E-state index contributed by atoms with van der Waals surface area (Å²) in [7, 11) is 0. The molecule has 4 unspecified atom stereocenters. The lowest BCUT2D eigenvalue weighted by Crippen LogP contribution is -2.38. The van der Waals surface area contributed by atoms with Gasteiger partial charge in [-0.2, -0.15) is 0 Å². The summed E-state index contributed by atoms with van der Waals surface area (Å²) in [5.74, 6) is 1.89. The van der Waals surface area contributed by atoms with Gasteiger partial charge < -0.3 is 5.11 Å². The van der Waals surface area contributed by atoms with E-state index < -0.39 is 0 Å². The third kappa shape index (κ3) is 1.04. The van der Waals surface area contributed by atoms with Crippen molar-refractivity contribution in [3.63, 3.8) is 0 Å². The molecule has 0 aromatic carbocycles. The number of fused-ring (bicyclic) bond motifs is 5. The smallest absolute Gasteiger partial charge is 0.194 e. The van der Waals surface area contributed by atoms with Crippen LogP contribution in [0.1, 0.15) is 44.9 Å². The van der Waals surface area contributed by atoms with Gasteiger partial charge in [-0.25, -0.2) is 0 Å². The molecule has 1 aliphatic heterocycles. The van der Waals surface area contributed by atoms with Gasteiger partial charge in [0.25, 0.3) is 0 Å². The van der Waals surface area contributed by atoms with E-state index in [1.165, 1.54) is 50.7 Å². The van der Waals surface area contributed by atoms with Crippen LogP contribution in [-0.2, 0) is 0 Å². The quantitative estimate of drug-likeness (QED) is 0.561. The second-order valence-electron chi connectivity index (χ2n) is 5.91. The molecule has 3 heteroatoms. The van der Waals surface area contributed by atoms with Crippen LogP contribution in [0.25, 0.3) is 0 Å². The maximum absolute atomic E-state index is 12.0. The minimum Gasteiger partial charge on any atom is -0.857 e. The third-order valence-electron chi connectivity index (χ3n) is 5.15. The predicted molar refractivity (Wildman–Crippen MR) is 59.3 cm³/mol. The maximum atomic E-state index is 12.0. The van der Waals surface area contributed by atoms with Crippen molar-refractivity contribution in [3.05, 3.63) is 0 Å². The van der Waals surface area contributed by atoms with Crippen LogP contribution in [0.5, 0.6) is 0 Å². The van der Waals surface area contributed by atoms with Crippen molar-refractivity contribution in [2.75, 3.05) is 0 Å². The molecule has 3 fully saturated rings. The predicted octanol–water partition coefficient (Wildman–Crippen LogP) is 1.12. The Morgan fingerprint density at radius 3 is 2.69 bits per heavy atom. The lowest BCUT2D eigenvalue weighted by atomic mass is 9.85. The topological polar surface area (TPSA) is 38.4 Å². The van der Waals surface area contributed by atoms with Gasteiger partial charge in [0.05, 0.1) is 5.92 Å². The molecule has 0 spiro atoms. The van der Waals surface area contributed by atoms with Crippen molar-refractivity contribution in [2.45, 2.75) is 51.0 Å². The van der Waals surface area contributed by atoms with Crippen LogP contribution in [0, 0.1) is 17.8 Å². The van der Waals surface area contributed by atoms with Gasteiger partial charge in [-0.05, 0) is 43.1 Å². The standard InChI is InChI=1S/C13H18N2O/c16-13-11-8-5-6-9(7-8)12(11)15(14-13)10-3-1-2-4-10/h8-9,11-12H,1-7H2. The molecule has 0 aromatic heterocycles. The molecule has 0 N–H and O–H groups in total. The van der Waals surface area contributed by atoms with E-state index in [2.05, 4.69) is 9.79 Å². The van der Waals surface area contributed by atoms with Crippen molar-refractivity contribution in [1.82, 2.24) is 0 Å². The molecule has 86 valence electrons. The first-order chi connectivity index (χ1) is 7.84. The molecular formula is C13H18N2O. The van der Waals surface area contributed by atoms with E-state index >= 15 is 0 Å². The Morgan fingerprint density at radius 2 is 1.88 bits per heavy atom. The van der Waals surface area contributed by atoms with Gasteiger partial charge >= 0.3 is 0 Å². The molecule has 4 aliphatic rings. The minimum absolute atomic E-state index is 0.191. The number of hydrogen-bond acceptors (Lipinski definition) is 2. The molecule has 0 radical (unpaired) electrons. The van der Waals surface area contributed by atoms with Crippen molar-refractivity contribution in [2.24, 2.45) is 22.9 Å². The molecule has 3 saturated carbocycles. The lowest BCUT2D eigenvalue weighted by Gasteiger charge is -2.22. The molecule has 4 rings (SSSR count). The fourth-order valence-electron chi connectivity index (χ4n) is 4.49. The SMILES string of the molecule is [O-]C1=N[N+](=C2CCCC2)C2C3CCC(C3)C12. The minimum atomic E-state index is 0.191. The Labute approximate surface area is 95.9 Å². The highest BCUT2D eigenvalue weighted by molar-refractivity contribution is 5.83. The normalized spacial score (nSPS) is 45.4. The summed E-state index contributed by atoms with van der Waals surface area (Å²) in [5.41, 5.74) is 1.45. The zero-order valence-electron chi connectivity index (χ0n) is 9.56. The van der Waals surface area contributed by atoms with Crippen LogP contribution in [0.15, 0.2) is 5.10 Å². The highest BCUT2D eigenvalue weighted by Gasteiger charge is 2.58. The van der Waals surface area contributed by atoms with Gasteiger partial charge in [-0.1, -0.05) is 4.68 Å². The molecule has 1 heterocycles. The van der Waals surface area contributed by atoms with Crippen LogP contribution >= 0.6 is 0 Å². The fourth-order valence-corrected chi connectivity index (χ4v) is 4.49. The van der Waals surface area contributed by atoms with Crippen LogP contribution in [0.3, 0.4) is 0 Å². The van der Waals surface area contributed by atoms with Crippen LogP contribution in [0.4, 0.5) is 0 Å². The number of rotatable bonds is 0. The van der Waals surface area contributed by atoms with Gasteiger partial charge in [-0.3, -0.25) is 0 Å². The van der Waals surface area contributed by atoms with Crippen LogP contribution in [0.2, 0.25) is 0 Å². The molecular weight excluding hydrogens is 200 g/mol. The first kappa shape index (κ1) is 9.20. The number of hydrogen-bond donors (Lipinski definition) is 0. The third-order valence-corrected chi connectivity index (χ3v) is 5.15. The molecule has 3 aliphatic carbocycles. The van der Waals surface area contributed by atoms with Crippen molar-refractivity contribution >= 4 is 11.6 Å². The van der Waals surface area contributed by atoms with Crippen molar-refractivity contribution in [3.8, 4) is 0 Å². The maximum Gasteiger partial charge on any atom is 0.194 e. The van der Waals surface area contributed by atoms with E-state index in [1.807, 2.05) is 0 Å². The summed E-state index contributed by atoms with van der Waals surface area (Å²) in [5, 5.41) is 16.3. The number of hydrazone groups is 1. The average molecular weight is 218 g/mol. The summed E-state index contributed by atoms with van der Waals surface area (Å²) >= 11 is 0. The fraction of sp³-hybridized carbons (Fsp3) is 0.846. The van der Waals surface area contributed by atoms with Crippen molar-refractivity contribution in [1.29, 1.82) is 0 Å². The second kappa shape index (κ2) is 3.08. The Bertz CT molecular complexity index is 391. The lowest BCUT2D eigenvalue weighted by molar-refractivity contribution is -0.575. The van der Waals surface area contributed by atoms with Gasteiger partial charge in [0, 0.05) is 24.7 Å². The molecule has 0 amide bonds. The Kier molecular flexibility index (Phi) is 1.77. The Balaban J connectivity index is 1.77. The highest BCUT2D eigenvalue weighted by Crippen LogP contribution is 2.52. The van der Waals surface area contributed by atoms with E-state index in [1.54, 1.807) is 0 Å². The monoisotopic (exact) mass is 218 g/mol. The van der Waals surface area contributed by atoms with Gasteiger partial charge in [0.1, 0.15) is 0 Å². The summed E-state index contributed by atoms with van der Waals surface area (Å²) < 4.78 is 2.17. The second-order valence-corrected chi connectivity index (χ2v) is 5.91. The molecule has 2 bridgehead atoms. The first-order valence-electron chi connectivity index (χ1n) is 6.74. The molecule has 3 nitrogen and oxygen atoms in total. The Hall–Kier alpha value is -0.860. The van der Waals surface area contributed by atoms with E-state index in [0.717, 1.165) is 5.92 Å². The summed E-state index contributed by atoms with van der Waals surface area (Å²) in [6.45, 7) is 0. The van der Waals surface area contributed by atoms with Crippen LogP contribution in [-0.4, -0.2) is 22.3 Å². The highest BCUT2D eigenvalue weighted by atomic mass is 16.3. The summed E-state index contributed by atoms with van der Waals surface area (Å²) in [6, 6.07) is 0.472. The zero-order valence-corrected chi connectivity index (χ0v) is 9.56. The summed E-state index contributed by atoms with van der Waals surface area (Å²) in [4.78, 5) is 0. The van der Waals surface area contributed by atoms with E-state index in [4.69, 9.17) is 0 Å². The van der Waals surface area contributed by atoms with E-state index in [-0.39, 0.29) is 11.8 Å². The van der Waals surface area contributed by atoms with Gasteiger partial charge in [-0.15, -0.1) is 0 Å². The average Bonchev–Trinajstić information content (AvgIpc) is 2.99. The number of nitrogens with zero attached hydrogens (tertiary/aromatic N) is 2. The zero-order chi connectivity index (χ0) is 10.7. The van der Waals surface area contributed by atoms with E-state index in [0.29, 0.717) is 12.0 Å². The van der Waals surface area contributed by atoms with Gasteiger partial charge in [0.15, 0.2) is 11.8 Å². The Morgan fingerprint density at radius 1 is 1.12 bits per heavy atom. The molecule has 4 atom stereocenters. The van der Waals surface area contributed by atoms with E-state index in [9.17, 15) is 5.11 Å². The molecule has 0 saturated heterocycles. The molecule has 16 heavy (non-hydrogen) atoms. The summed E-state index contributed by atoms with van der Waals surface area (Å²) in [6.07, 6.45) is 8.84. The van der Waals surface area contributed by atoms with Crippen LogP contribution < -0.4 is 5.11 Å². The molecule has 0 aromatic rings. The largest absolute Gasteiger partial charge is 0.857 e.